The van der Waals surface area contributed by atoms with Gasteiger partial charge in [-0.15, -0.1) is 0 Å². The number of aliphatic hydroxyl groups excluding tert-OH is 1. The molecule has 0 heterocycles. The van der Waals surface area contributed by atoms with Gasteiger partial charge in [-0.05, 0) is 37.3 Å². The number of aromatic hydroxyl groups is 1. The summed E-state index contributed by atoms with van der Waals surface area (Å²) in [6.07, 6.45) is 0.532. The Morgan fingerprint density at radius 1 is 1.16 bits per heavy atom. The molecule has 0 aliphatic heterocycles. The van der Waals surface area contributed by atoms with E-state index in [1.54, 1.807) is 0 Å². The zero-order valence-corrected chi connectivity index (χ0v) is 13.4. The molecule has 0 fully saturated rings. The van der Waals surface area contributed by atoms with Crippen LogP contribution in [0.1, 0.15) is 38.8 Å². The molecule has 3 unspecified atom stereocenters. The van der Waals surface area contributed by atoms with Crippen LogP contribution in [-0.4, -0.2) is 26.8 Å². The predicted octanol–water partition coefficient (Wildman–Crippen LogP) is 3.77. The third-order valence-electron chi connectivity index (χ3n) is 3.55. The van der Waals surface area contributed by atoms with E-state index in [2.05, 4.69) is 20.8 Å². The van der Waals surface area contributed by atoms with Gasteiger partial charge in [0.25, 0.3) is 0 Å². The highest BCUT2D eigenvalue weighted by Crippen LogP contribution is 2.32. The van der Waals surface area contributed by atoms with Crippen LogP contribution in [0, 0.1) is 12.8 Å². The highest BCUT2D eigenvalue weighted by molar-refractivity contribution is 8.00. The van der Waals surface area contributed by atoms with Gasteiger partial charge < -0.3 is 10.2 Å². The second kappa shape index (κ2) is 7.20. The summed E-state index contributed by atoms with van der Waals surface area (Å²) in [5, 5.41) is 20.4. The average molecular weight is 282 g/mol. The topological polar surface area (TPSA) is 40.5 Å². The standard InChI is InChI=1S/C16H26O2S/c1-10(2)15(19-13(5)12(4)17)9-14-8-6-7-11(3)16(14)18/h6-8,10,12-13,15,17-18H,9H2,1-5H3. The number of phenolic OH excluding ortho intramolecular Hbond substituents is 1. The lowest BCUT2D eigenvalue weighted by atomic mass is 9.99. The van der Waals surface area contributed by atoms with E-state index in [1.807, 2.05) is 43.8 Å². The van der Waals surface area contributed by atoms with Crippen molar-refractivity contribution in [2.45, 2.75) is 57.6 Å². The number of thioether (sulfide) groups is 1. The van der Waals surface area contributed by atoms with Crippen LogP contribution in [0.4, 0.5) is 0 Å². The Kier molecular flexibility index (Phi) is 6.21. The highest BCUT2D eigenvalue weighted by Gasteiger charge is 2.21. The summed E-state index contributed by atoms with van der Waals surface area (Å²) in [6.45, 7) is 10.2. The van der Waals surface area contributed by atoms with Crippen LogP contribution >= 0.6 is 11.8 Å². The lowest BCUT2D eigenvalue weighted by Gasteiger charge is -2.26. The van der Waals surface area contributed by atoms with E-state index < -0.39 is 0 Å². The summed E-state index contributed by atoms with van der Waals surface area (Å²) >= 11 is 1.81. The molecule has 108 valence electrons. The Balaban J connectivity index is 2.81. The van der Waals surface area contributed by atoms with Crippen molar-refractivity contribution in [1.29, 1.82) is 0 Å². The van der Waals surface area contributed by atoms with Crippen molar-refractivity contribution in [3.05, 3.63) is 29.3 Å². The molecular weight excluding hydrogens is 256 g/mol. The summed E-state index contributed by atoms with van der Waals surface area (Å²) < 4.78 is 0. The summed E-state index contributed by atoms with van der Waals surface area (Å²) in [6, 6.07) is 5.91. The highest BCUT2D eigenvalue weighted by atomic mass is 32.2. The molecular formula is C16H26O2S. The first kappa shape index (κ1) is 16.4. The fourth-order valence-corrected chi connectivity index (χ4v) is 3.30. The predicted molar refractivity (Wildman–Crippen MR) is 83.9 cm³/mol. The van der Waals surface area contributed by atoms with Crippen molar-refractivity contribution in [2.75, 3.05) is 0 Å². The van der Waals surface area contributed by atoms with Crippen molar-refractivity contribution in [2.24, 2.45) is 5.92 Å². The van der Waals surface area contributed by atoms with E-state index in [0.717, 1.165) is 17.5 Å². The van der Waals surface area contributed by atoms with Gasteiger partial charge >= 0.3 is 0 Å². The number of rotatable bonds is 6. The second-order valence-electron chi connectivity index (χ2n) is 5.65. The Morgan fingerprint density at radius 3 is 2.32 bits per heavy atom. The number of hydrogen-bond acceptors (Lipinski definition) is 3. The molecule has 0 spiro atoms. The second-order valence-corrected chi connectivity index (χ2v) is 7.27. The maximum absolute atomic E-state index is 10.1. The third kappa shape index (κ3) is 4.73. The Labute approximate surface area is 121 Å². The zero-order valence-electron chi connectivity index (χ0n) is 12.6. The molecule has 2 nitrogen and oxygen atoms in total. The van der Waals surface area contributed by atoms with Gasteiger partial charge in [-0.2, -0.15) is 11.8 Å². The summed E-state index contributed by atoms with van der Waals surface area (Å²) in [5.74, 6) is 0.921. The molecule has 0 bridgehead atoms. The van der Waals surface area contributed by atoms with Gasteiger partial charge in [0.05, 0.1) is 6.10 Å². The van der Waals surface area contributed by atoms with E-state index in [9.17, 15) is 10.2 Å². The van der Waals surface area contributed by atoms with E-state index in [4.69, 9.17) is 0 Å². The summed E-state index contributed by atoms with van der Waals surface area (Å²) in [4.78, 5) is 0. The largest absolute Gasteiger partial charge is 0.507 e. The van der Waals surface area contributed by atoms with Crippen LogP contribution in [0.2, 0.25) is 0 Å². The molecule has 0 aliphatic carbocycles. The molecule has 1 rings (SSSR count). The van der Waals surface area contributed by atoms with Gasteiger partial charge in [0.2, 0.25) is 0 Å². The Bertz CT molecular complexity index is 402. The minimum absolute atomic E-state index is 0.208. The van der Waals surface area contributed by atoms with Crippen LogP contribution in [-0.2, 0) is 6.42 Å². The molecule has 0 amide bonds. The van der Waals surface area contributed by atoms with E-state index in [-0.39, 0.29) is 11.4 Å². The van der Waals surface area contributed by atoms with E-state index in [0.29, 0.717) is 16.9 Å². The van der Waals surface area contributed by atoms with Crippen LogP contribution in [0.15, 0.2) is 18.2 Å². The number of aryl methyl sites for hydroxylation is 1. The average Bonchev–Trinajstić information content (AvgIpc) is 2.33. The van der Waals surface area contributed by atoms with Crippen molar-refractivity contribution >= 4 is 11.8 Å². The van der Waals surface area contributed by atoms with Crippen LogP contribution in [0.3, 0.4) is 0 Å². The number of phenols is 1. The first-order valence-corrected chi connectivity index (χ1v) is 7.88. The lowest BCUT2D eigenvalue weighted by Crippen LogP contribution is -2.24. The maximum Gasteiger partial charge on any atom is 0.121 e. The molecule has 1 aromatic rings. The SMILES string of the molecule is Cc1cccc(CC(SC(C)C(C)O)C(C)C)c1O. The number of benzene rings is 1. The van der Waals surface area contributed by atoms with Gasteiger partial charge in [-0.25, -0.2) is 0 Å². The van der Waals surface area contributed by atoms with E-state index >= 15 is 0 Å². The molecule has 0 saturated heterocycles. The van der Waals surface area contributed by atoms with Gasteiger partial charge in [0.15, 0.2) is 0 Å². The number of hydrogen-bond donors (Lipinski definition) is 2. The first-order valence-electron chi connectivity index (χ1n) is 6.94. The van der Waals surface area contributed by atoms with Gasteiger partial charge in [0, 0.05) is 10.5 Å². The zero-order chi connectivity index (χ0) is 14.6. The molecule has 2 N–H and O–H groups in total. The quantitative estimate of drug-likeness (QED) is 0.834. The summed E-state index contributed by atoms with van der Waals surface area (Å²) in [5.41, 5.74) is 1.93. The number of para-hydroxylation sites is 1. The smallest absolute Gasteiger partial charge is 0.121 e. The van der Waals surface area contributed by atoms with Crippen molar-refractivity contribution in [3.63, 3.8) is 0 Å². The fourth-order valence-electron chi connectivity index (χ4n) is 1.93. The van der Waals surface area contributed by atoms with Crippen LogP contribution < -0.4 is 0 Å². The number of aliphatic hydroxyl groups is 1. The minimum Gasteiger partial charge on any atom is -0.507 e. The Hall–Kier alpha value is -0.670. The van der Waals surface area contributed by atoms with Crippen molar-refractivity contribution < 1.29 is 10.2 Å². The maximum atomic E-state index is 10.1. The monoisotopic (exact) mass is 282 g/mol. The van der Waals surface area contributed by atoms with Crippen LogP contribution in [0.5, 0.6) is 5.75 Å². The molecule has 3 heteroatoms. The first-order chi connectivity index (χ1) is 8.82. The minimum atomic E-state index is -0.308. The fraction of sp³-hybridized carbons (Fsp3) is 0.625. The molecule has 3 atom stereocenters. The lowest BCUT2D eigenvalue weighted by molar-refractivity contribution is 0.196. The molecule has 0 aliphatic rings. The van der Waals surface area contributed by atoms with Crippen molar-refractivity contribution in [3.8, 4) is 5.75 Å². The molecule has 0 saturated carbocycles. The van der Waals surface area contributed by atoms with Gasteiger partial charge in [-0.1, -0.05) is 39.0 Å². The van der Waals surface area contributed by atoms with Gasteiger partial charge in [0.1, 0.15) is 5.75 Å². The molecule has 0 aromatic heterocycles. The molecule has 19 heavy (non-hydrogen) atoms. The normalized spacial score (nSPS) is 16.4. The molecule has 0 radical (unpaired) electrons. The van der Waals surface area contributed by atoms with E-state index in [1.165, 1.54) is 0 Å². The Morgan fingerprint density at radius 2 is 1.79 bits per heavy atom. The third-order valence-corrected chi connectivity index (χ3v) is 5.44. The molecule has 1 aromatic carbocycles. The van der Waals surface area contributed by atoms with Crippen LogP contribution in [0.25, 0.3) is 0 Å². The summed E-state index contributed by atoms with van der Waals surface area (Å²) in [7, 11) is 0. The van der Waals surface area contributed by atoms with Crippen molar-refractivity contribution in [1.82, 2.24) is 0 Å². The van der Waals surface area contributed by atoms with Gasteiger partial charge in [-0.3, -0.25) is 0 Å².